The summed E-state index contributed by atoms with van der Waals surface area (Å²) in [6.07, 6.45) is 1.99. The molecular formula is C10H11BrO2S. The van der Waals surface area contributed by atoms with Gasteiger partial charge in [-0.25, -0.2) is 0 Å². The summed E-state index contributed by atoms with van der Waals surface area (Å²) in [6.45, 7) is 0. The third-order valence-electron chi connectivity index (χ3n) is 1.83. The fraction of sp³-hybridized carbons (Fsp3) is 0.300. The second kappa shape index (κ2) is 5.41. The highest BCUT2D eigenvalue weighted by Gasteiger charge is 2.10. The van der Waals surface area contributed by atoms with Gasteiger partial charge < -0.3 is 4.74 Å². The molecule has 0 aliphatic heterocycles. The maximum atomic E-state index is 11.5. The SMILES string of the molecule is COc1cc(SC)ccc1C(=O)CBr. The Kier molecular flexibility index (Phi) is 4.48. The first kappa shape index (κ1) is 11.6. The molecule has 0 fully saturated rings. The molecule has 0 bridgehead atoms. The van der Waals surface area contributed by atoms with E-state index in [9.17, 15) is 4.79 Å². The van der Waals surface area contributed by atoms with Crippen molar-refractivity contribution >= 4 is 33.5 Å². The number of ketones is 1. The van der Waals surface area contributed by atoms with Crippen molar-refractivity contribution in [1.82, 2.24) is 0 Å². The molecule has 2 nitrogen and oxygen atoms in total. The van der Waals surface area contributed by atoms with E-state index in [1.165, 1.54) is 0 Å². The van der Waals surface area contributed by atoms with Crippen LogP contribution in [0.5, 0.6) is 5.75 Å². The van der Waals surface area contributed by atoms with Crippen LogP contribution in [0, 0.1) is 0 Å². The molecule has 76 valence electrons. The largest absolute Gasteiger partial charge is 0.496 e. The molecule has 0 aliphatic rings. The monoisotopic (exact) mass is 274 g/mol. The van der Waals surface area contributed by atoms with Crippen molar-refractivity contribution in [3.63, 3.8) is 0 Å². The van der Waals surface area contributed by atoms with Crippen molar-refractivity contribution in [2.24, 2.45) is 0 Å². The Labute approximate surface area is 96.2 Å². The van der Waals surface area contributed by atoms with Crippen molar-refractivity contribution in [2.75, 3.05) is 18.7 Å². The molecule has 0 saturated carbocycles. The first-order valence-electron chi connectivity index (χ1n) is 4.04. The molecular weight excluding hydrogens is 264 g/mol. The molecule has 0 aliphatic carbocycles. The van der Waals surface area contributed by atoms with Gasteiger partial charge in [0, 0.05) is 4.90 Å². The number of carbonyl (C=O) groups is 1. The van der Waals surface area contributed by atoms with E-state index in [-0.39, 0.29) is 5.78 Å². The first-order chi connectivity index (χ1) is 6.72. The molecule has 0 aromatic heterocycles. The summed E-state index contributed by atoms with van der Waals surface area (Å²) in [6, 6.07) is 5.60. The summed E-state index contributed by atoms with van der Waals surface area (Å²) in [5.41, 5.74) is 0.627. The fourth-order valence-electron chi connectivity index (χ4n) is 1.10. The number of Topliss-reactive ketones (excluding diaryl/α,β-unsaturated/α-hetero) is 1. The number of ether oxygens (including phenoxy) is 1. The van der Waals surface area contributed by atoms with E-state index in [0.29, 0.717) is 16.6 Å². The predicted molar refractivity (Wildman–Crippen MR) is 62.9 cm³/mol. The summed E-state index contributed by atoms with van der Waals surface area (Å²) >= 11 is 4.76. The molecule has 0 atom stereocenters. The summed E-state index contributed by atoms with van der Waals surface area (Å²) in [5.74, 6) is 0.677. The number of halogens is 1. The molecule has 14 heavy (non-hydrogen) atoms. The van der Waals surface area contributed by atoms with Crippen LogP contribution in [0.1, 0.15) is 10.4 Å². The van der Waals surface area contributed by atoms with Crippen molar-refractivity contribution in [1.29, 1.82) is 0 Å². The van der Waals surface area contributed by atoms with E-state index < -0.39 is 0 Å². The maximum Gasteiger partial charge on any atom is 0.177 e. The van der Waals surface area contributed by atoms with Gasteiger partial charge in [-0.2, -0.15) is 0 Å². The van der Waals surface area contributed by atoms with Gasteiger partial charge in [-0.15, -0.1) is 11.8 Å². The number of methoxy groups -OCH3 is 1. The number of rotatable bonds is 4. The molecule has 1 aromatic carbocycles. The smallest absolute Gasteiger partial charge is 0.177 e. The van der Waals surface area contributed by atoms with Crippen LogP contribution in [0.15, 0.2) is 23.1 Å². The summed E-state index contributed by atoms with van der Waals surface area (Å²) in [5, 5.41) is 0.321. The van der Waals surface area contributed by atoms with Crippen molar-refractivity contribution in [2.45, 2.75) is 4.90 Å². The Morgan fingerprint density at radius 2 is 2.29 bits per heavy atom. The molecule has 1 aromatic rings. The van der Waals surface area contributed by atoms with Crippen LogP contribution >= 0.6 is 27.7 Å². The van der Waals surface area contributed by atoms with E-state index >= 15 is 0 Å². The highest BCUT2D eigenvalue weighted by Crippen LogP contribution is 2.25. The fourth-order valence-corrected chi connectivity index (χ4v) is 1.83. The van der Waals surface area contributed by atoms with Crippen LogP contribution in [-0.4, -0.2) is 24.5 Å². The highest BCUT2D eigenvalue weighted by atomic mass is 79.9. The number of thioether (sulfide) groups is 1. The Bertz CT molecular complexity index is 339. The third-order valence-corrected chi connectivity index (χ3v) is 3.07. The molecule has 1 rings (SSSR count). The third kappa shape index (κ3) is 2.51. The zero-order valence-electron chi connectivity index (χ0n) is 8.04. The number of benzene rings is 1. The van der Waals surface area contributed by atoms with E-state index in [4.69, 9.17) is 4.74 Å². The first-order valence-corrected chi connectivity index (χ1v) is 6.38. The van der Waals surface area contributed by atoms with Crippen molar-refractivity contribution in [3.8, 4) is 5.75 Å². The van der Waals surface area contributed by atoms with Crippen LogP contribution < -0.4 is 4.74 Å². The van der Waals surface area contributed by atoms with Gasteiger partial charge in [-0.3, -0.25) is 4.79 Å². The van der Waals surface area contributed by atoms with E-state index in [1.807, 2.05) is 18.4 Å². The van der Waals surface area contributed by atoms with E-state index in [1.54, 1.807) is 24.9 Å². The van der Waals surface area contributed by atoms with Crippen LogP contribution in [0.2, 0.25) is 0 Å². The minimum atomic E-state index is 0.0366. The molecule has 0 spiro atoms. The Morgan fingerprint density at radius 3 is 2.79 bits per heavy atom. The van der Waals surface area contributed by atoms with Crippen LogP contribution in [0.3, 0.4) is 0 Å². The van der Waals surface area contributed by atoms with Crippen LogP contribution in [-0.2, 0) is 0 Å². The van der Waals surface area contributed by atoms with Crippen LogP contribution in [0.25, 0.3) is 0 Å². The topological polar surface area (TPSA) is 26.3 Å². The zero-order chi connectivity index (χ0) is 10.6. The quantitative estimate of drug-likeness (QED) is 0.480. The molecule has 0 heterocycles. The van der Waals surface area contributed by atoms with Gasteiger partial charge in [-0.1, -0.05) is 15.9 Å². The summed E-state index contributed by atoms with van der Waals surface area (Å²) in [4.78, 5) is 12.5. The minimum absolute atomic E-state index is 0.0366. The number of alkyl halides is 1. The van der Waals surface area contributed by atoms with Gasteiger partial charge in [0.15, 0.2) is 5.78 Å². The van der Waals surface area contributed by atoms with Crippen molar-refractivity contribution in [3.05, 3.63) is 23.8 Å². The maximum absolute atomic E-state index is 11.5. The van der Waals surface area contributed by atoms with Gasteiger partial charge in [0.1, 0.15) is 5.75 Å². The molecule has 0 radical (unpaired) electrons. The Hall–Kier alpha value is -0.480. The van der Waals surface area contributed by atoms with Gasteiger partial charge in [-0.05, 0) is 24.5 Å². The zero-order valence-corrected chi connectivity index (χ0v) is 10.4. The summed E-state index contributed by atoms with van der Waals surface area (Å²) in [7, 11) is 1.57. The van der Waals surface area contributed by atoms with Gasteiger partial charge in [0.05, 0.1) is 18.0 Å². The Balaban J connectivity index is 3.11. The van der Waals surface area contributed by atoms with Crippen molar-refractivity contribution < 1.29 is 9.53 Å². The lowest BCUT2D eigenvalue weighted by molar-refractivity contribution is 0.102. The van der Waals surface area contributed by atoms with E-state index in [0.717, 1.165) is 4.90 Å². The lowest BCUT2D eigenvalue weighted by Gasteiger charge is -2.07. The van der Waals surface area contributed by atoms with Gasteiger partial charge in [0.2, 0.25) is 0 Å². The lowest BCUT2D eigenvalue weighted by atomic mass is 10.1. The number of hydrogen-bond acceptors (Lipinski definition) is 3. The normalized spacial score (nSPS) is 9.93. The van der Waals surface area contributed by atoms with Crippen LogP contribution in [0.4, 0.5) is 0 Å². The molecule has 0 N–H and O–H groups in total. The minimum Gasteiger partial charge on any atom is -0.496 e. The second-order valence-electron chi connectivity index (χ2n) is 2.62. The van der Waals surface area contributed by atoms with Gasteiger partial charge in [0.25, 0.3) is 0 Å². The average molecular weight is 275 g/mol. The lowest BCUT2D eigenvalue weighted by Crippen LogP contribution is -2.02. The molecule has 0 saturated heterocycles. The highest BCUT2D eigenvalue weighted by molar-refractivity contribution is 9.09. The molecule has 0 amide bonds. The Morgan fingerprint density at radius 1 is 1.57 bits per heavy atom. The molecule has 0 unspecified atom stereocenters. The number of carbonyl (C=O) groups excluding carboxylic acids is 1. The molecule has 4 heteroatoms. The summed E-state index contributed by atoms with van der Waals surface area (Å²) < 4.78 is 5.16. The van der Waals surface area contributed by atoms with E-state index in [2.05, 4.69) is 15.9 Å². The predicted octanol–water partition coefficient (Wildman–Crippen LogP) is 2.99. The number of hydrogen-bond donors (Lipinski definition) is 0. The second-order valence-corrected chi connectivity index (χ2v) is 4.06. The van der Waals surface area contributed by atoms with Gasteiger partial charge >= 0.3 is 0 Å². The average Bonchev–Trinajstić information content (AvgIpc) is 2.27. The standard InChI is InChI=1S/C10H11BrO2S/c1-13-10-5-7(14-2)3-4-8(10)9(12)6-11/h3-5H,6H2,1-2H3.